The van der Waals surface area contributed by atoms with E-state index in [9.17, 15) is 4.39 Å². The van der Waals surface area contributed by atoms with Gasteiger partial charge in [0.1, 0.15) is 5.82 Å². The molecule has 20 heavy (non-hydrogen) atoms. The van der Waals surface area contributed by atoms with Crippen LogP contribution in [0.2, 0.25) is 0 Å². The quantitative estimate of drug-likeness (QED) is 0.731. The lowest BCUT2D eigenvalue weighted by Crippen LogP contribution is -2.42. The molecule has 0 saturated carbocycles. The highest BCUT2D eigenvalue weighted by molar-refractivity contribution is 5.25. The molecule has 1 N–H and O–H groups in total. The number of nitrogens with one attached hydrogen (secondary N) is 1. The van der Waals surface area contributed by atoms with Crippen LogP contribution in [0.4, 0.5) is 4.39 Å². The summed E-state index contributed by atoms with van der Waals surface area (Å²) in [5.74, 6) is 0.264. The Balaban J connectivity index is 2.10. The Morgan fingerprint density at radius 2 is 2.05 bits per heavy atom. The Morgan fingerprint density at radius 3 is 2.80 bits per heavy atom. The predicted molar refractivity (Wildman–Crippen MR) is 83.5 cm³/mol. The first-order valence-electron chi connectivity index (χ1n) is 8.12. The second kappa shape index (κ2) is 7.21. The van der Waals surface area contributed by atoms with Gasteiger partial charge in [-0.3, -0.25) is 0 Å². The maximum absolute atomic E-state index is 14.1. The summed E-state index contributed by atoms with van der Waals surface area (Å²) in [5, 5.41) is 3.45. The van der Waals surface area contributed by atoms with Gasteiger partial charge in [-0.05, 0) is 36.4 Å². The summed E-state index contributed by atoms with van der Waals surface area (Å²) in [6.07, 6.45) is 7.54. The molecule has 1 saturated heterocycles. The summed E-state index contributed by atoms with van der Waals surface area (Å²) in [7, 11) is 0. The van der Waals surface area contributed by atoms with Gasteiger partial charge in [-0.25, -0.2) is 4.39 Å². The van der Waals surface area contributed by atoms with E-state index in [2.05, 4.69) is 19.2 Å². The van der Waals surface area contributed by atoms with Crippen LogP contribution in [0.3, 0.4) is 0 Å². The smallest absolute Gasteiger partial charge is 0.126 e. The van der Waals surface area contributed by atoms with Gasteiger partial charge in [0.2, 0.25) is 0 Å². The van der Waals surface area contributed by atoms with Crippen molar-refractivity contribution in [3.8, 4) is 0 Å². The summed E-state index contributed by atoms with van der Waals surface area (Å²) in [6, 6.07) is 7.32. The van der Waals surface area contributed by atoms with Crippen molar-refractivity contribution in [1.82, 2.24) is 5.32 Å². The molecule has 0 aliphatic carbocycles. The second-order valence-corrected chi connectivity index (χ2v) is 6.49. The average Bonchev–Trinajstić information content (AvgIpc) is 2.45. The Morgan fingerprint density at radius 1 is 1.25 bits per heavy atom. The fraction of sp³-hybridized carbons (Fsp3) is 0.667. The van der Waals surface area contributed by atoms with Crippen molar-refractivity contribution in [2.45, 2.75) is 58.3 Å². The molecule has 0 spiro atoms. The number of hydrogen-bond acceptors (Lipinski definition) is 1. The number of hydrogen-bond donors (Lipinski definition) is 1. The van der Waals surface area contributed by atoms with Crippen LogP contribution >= 0.6 is 0 Å². The van der Waals surface area contributed by atoms with Gasteiger partial charge in [-0.2, -0.15) is 0 Å². The maximum atomic E-state index is 14.1. The lowest BCUT2D eigenvalue weighted by atomic mass is 9.66. The first-order chi connectivity index (χ1) is 9.67. The van der Waals surface area contributed by atoms with E-state index in [1.165, 1.54) is 32.1 Å². The van der Waals surface area contributed by atoms with Crippen LogP contribution in [0.15, 0.2) is 24.3 Å². The Labute approximate surface area is 123 Å². The van der Waals surface area contributed by atoms with E-state index in [0.717, 1.165) is 25.1 Å². The summed E-state index contributed by atoms with van der Waals surface area (Å²) >= 11 is 0. The molecular formula is C18H28FN. The van der Waals surface area contributed by atoms with Crippen molar-refractivity contribution in [2.75, 3.05) is 13.1 Å². The number of rotatable bonds is 6. The van der Waals surface area contributed by atoms with E-state index in [0.29, 0.717) is 5.92 Å². The minimum absolute atomic E-state index is 0.0408. The molecule has 112 valence electrons. The third-order valence-corrected chi connectivity index (χ3v) is 4.94. The molecule has 1 heterocycles. The molecule has 2 atom stereocenters. The fourth-order valence-electron chi connectivity index (χ4n) is 3.54. The van der Waals surface area contributed by atoms with Gasteiger partial charge < -0.3 is 5.32 Å². The largest absolute Gasteiger partial charge is 0.316 e. The predicted octanol–water partition coefficient (Wildman–Crippen LogP) is 4.88. The molecule has 1 fully saturated rings. The first kappa shape index (κ1) is 15.5. The minimum atomic E-state index is -0.0408. The van der Waals surface area contributed by atoms with E-state index >= 15 is 0 Å². The molecule has 2 rings (SSSR count). The monoisotopic (exact) mass is 277 g/mol. The molecular weight excluding hydrogens is 249 g/mol. The van der Waals surface area contributed by atoms with Gasteiger partial charge in [0, 0.05) is 12.5 Å². The first-order valence-corrected chi connectivity index (χ1v) is 8.12. The van der Waals surface area contributed by atoms with Crippen LogP contribution in [-0.2, 0) is 0 Å². The van der Waals surface area contributed by atoms with Gasteiger partial charge in [0.05, 0.1) is 0 Å². The third kappa shape index (κ3) is 3.60. The number of piperidine rings is 1. The van der Waals surface area contributed by atoms with Crippen LogP contribution < -0.4 is 5.32 Å². The Kier molecular flexibility index (Phi) is 5.59. The van der Waals surface area contributed by atoms with Crippen molar-refractivity contribution >= 4 is 0 Å². The molecule has 2 heteroatoms. The minimum Gasteiger partial charge on any atom is -0.316 e. The number of halogens is 1. The van der Waals surface area contributed by atoms with E-state index in [4.69, 9.17) is 0 Å². The zero-order chi connectivity index (χ0) is 14.4. The summed E-state index contributed by atoms with van der Waals surface area (Å²) in [4.78, 5) is 0. The van der Waals surface area contributed by atoms with Crippen LogP contribution in [0, 0.1) is 11.2 Å². The van der Waals surface area contributed by atoms with Crippen LogP contribution in [0.1, 0.15) is 63.9 Å². The average molecular weight is 277 g/mol. The van der Waals surface area contributed by atoms with Crippen molar-refractivity contribution in [3.63, 3.8) is 0 Å². The van der Waals surface area contributed by atoms with Gasteiger partial charge in [0.15, 0.2) is 0 Å². The summed E-state index contributed by atoms with van der Waals surface area (Å²) < 4.78 is 14.1. The van der Waals surface area contributed by atoms with E-state index in [-0.39, 0.29) is 11.2 Å². The molecule has 0 radical (unpaired) electrons. The van der Waals surface area contributed by atoms with Gasteiger partial charge in [-0.1, -0.05) is 57.7 Å². The second-order valence-electron chi connectivity index (χ2n) is 6.49. The topological polar surface area (TPSA) is 12.0 Å². The molecule has 1 aliphatic rings. The molecule has 1 aromatic carbocycles. The summed E-state index contributed by atoms with van der Waals surface area (Å²) in [6.45, 7) is 6.58. The highest BCUT2D eigenvalue weighted by Crippen LogP contribution is 2.45. The molecule has 0 bridgehead atoms. The van der Waals surface area contributed by atoms with Crippen molar-refractivity contribution in [3.05, 3.63) is 35.6 Å². The van der Waals surface area contributed by atoms with Gasteiger partial charge in [-0.15, -0.1) is 0 Å². The number of unbranched alkanes of at least 4 members (excludes halogenated alkanes) is 3. The lowest BCUT2D eigenvalue weighted by molar-refractivity contribution is 0.164. The SMILES string of the molecule is CCCCCCC1(C)CCNCC1c1ccccc1F. The zero-order valence-electron chi connectivity index (χ0n) is 12.9. The highest BCUT2D eigenvalue weighted by atomic mass is 19.1. The fourth-order valence-corrected chi connectivity index (χ4v) is 3.54. The Bertz CT molecular complexity index is 418. The summed E-state index contributed by atoms with van der Waals surface area (Å²) in [5.41, 5.74) is 1.14. The van der Waals surface area contributed by atoms with Crippen LogP contribution in [0.25, 0.3) is 0 Å². The molecule has 1 aliphatic heterocycles. The van der Waals surface area contributed by atoms with Crippen LogP contribution in [0.5, 0.6) is 0 Å². The zero-order valence-corrected chi connectivity index (χ0v) is 12.9. The molecule has 0 aromatic heterocycles. The number of benzene rings is 1. The van der Waals surface area contributed by atoms with E-state index < -0.39 is 0 Å². The molecule has 1 nitrogen and oxygen atoms in total. The molecule has 0 amide bonds. The van der Waals surface area contributed by atoms with E-state index in [1.807, 2.05) is 12.1 Å². The van der Waals surface area contributed by atoms with E-state index in [1.54, 1.807) is 12.1 Å². The third-order valence-electron chi connectivity index (χ3n) is 4.94. The maximum Gasteiger partial charge on any atom is 0.126 e. The van der Waals surface area contributed by atoms with Crippen molar-refractivity contribution < 1.29 is 4.39 Å². The highest BCUT2D eigenvalue weighted by Gasteiger charge is 2.37. The van der Waals surface area contributed by atoms with Crippen molar-refractivity contribution in [1.29, 1.82) is 0 Å². The Hall–Kier alpha value is -0.890. The van der Waals surface area contributed by atoms with Crippen molar-refractivity contribution in [2.24, 2.45) is 5.41 Å². The van der Waals surface area contributed by atoms with Crippen LogP contribution in [-0.4, -0.2) is 13.1 Å². The standard InChI is InChI=1S/C18H28FN/c1-3-4-5-8-11-18(2)12-13-20-14-16(18)15-9-6-7-10-17(15)19/h6-7,9-10,16,20H,3-5,8,11-14H2,1-2H3. The van der Waals surface area contributed by atoms with Gasteiger partial charge >= 0.3 is 0 Å². The normalized spacial score (nSPS) is 26.6. The van der Waals surface area contributed by atoms with Gasteiger partial charge in [0.25, 0.3) is 0 Å². The molecule has 1 aromatic rings. The molecule has 2 unspecified atom stereocenters. The lowest BCUT2D eigenvalue weighted by Gasteiger charge is -2.42.